The molecular formula is C12H21BrMgSi. The first-order valence-corrected chi connectivity index (χ1v) is 7.04. The molecule has 0 saturated carbocycles. The second-order valence-electron chi connectivity index (χ2n) is 4.12. The summed E-state index contributed by atoms with van der Waals surface area (Å²) in [5.41, 5.74) is 1.60. The van der Waals surface area contributed by atoms with E-state index in [1.54, 1.807) is 0 Å². The summed E-state index contributed by atoms with van der Waals surface area (Å²) in [7, 11) is 0.750. The van der Waals surface area contributed by atoms with E-state index in [4.69, 9.17) is 0 Å². The van der Waals surface area contributed by atoms with Gasteiger partial charge >= 0.3 is 23.1 Å². The maximum atomic E-state index is 3.07. The topological polar surface area (TPSA) is 0 Å². The summed E-state index contributed by atoms with van der Waals surface area (Å²) in [5, 5.41) is 0. The van der Waals surface area contributed by atoms with Crippen molar-refractivity contribution < 1.29 is 0 Å². The second-order valence-corrected chi connectivity index (χ2v) is 5.27. The summed E-state index contributed by atoms with van der Waals surface area (Å²) in [4.78, 5) is 0. The predicted molar refractivity (Wildman–Crippen MR) is 78.9 cm³/mol. The van der Waals surface area contributed by atoms with Crippen LogP contribution in [0.2, 0.25) is 13.1 Å². The quantitative estimate of drug-likeness (QED) is 0.508. The molecule has 0 unspecified atom stereocenters. The molecule has 0 heterocycles. The fourth-order valence-corrected chi connectivity index (χ4v) is 0.860. The van der Waals surface area contributed by atoms with Crippen molar-refractivity contribution in [1.82, 2.24) is 0 Å². The summed E-state index contributed by atoms with van der Waals surface area (Å²) in [5.74, 6) is 0. The Balaban J connectivity index is -0.000000260. The van der Waals surface area contributed by atoms with Crippen molar-refractivity contribution in [1.29, 1.82) is 0 Å². The fourth-order valence-electron chi connectivity index (χ4n) is 0.860. The zero-order chi connectivity index (χ0) is 10.3. The molecule has 0 spiro atoms. The minimum absolute atomic E-state index is 0. The van der Waals surface area contributed by atoms with E-state index in [1.807, 2.05) is 18.2 Å². The fraction of sp³-hybridized carbons (Fsp3) is 0.500. The summed E-state index contributed by atoms with van der Waals surface area (Å²) in [6, 6.07) is 11.2. The molecule has 0 radical (unpaired) electrons. The van der Waals surface area contributed by atoms with Gasteiger partial charge in [-0.2, -0.15) is 49.0 Å². The molecule has 0 bridgehead atoms. The van der Waals surface area contributed by atoms with Crippen LogP contribution in [-0.4, -0.2) is 32.6 Å². The van der Waals surface area contributed by atoms with Gasteiger partial charge in [-0.3, -0.25) is 9.52 Å². The van der Waals surface area contributed by atoms with Crippen LogP contribution in [0.15, 0.2) is 24.3 Å². The maximum Gasteiger partial charge on any atom is 2.00 e. The van der Waals surface area contributed by atoms with Gasteiger partial charge in [0.05, 0.1) is 0 Å². The number of halogens is 1. The van der Waals surface area contributed by atoms with Crippen LogP contribution in [0.5, 0.6) is 0 Å². The van der Waals surface area contributed by atoms with Gasteiger partial charge in [-0.05, 0) is 0 Å². The molecule has 1 aromatic rings. The van der Waals surface area contributed by atoms with Gasteiger partial charge in [0.25, 0.3) is 0 Å². The molecule has 0 aliphatic carbocycles. The molecule has 0 aliphatic heterocycles. The Bertz CT molecular complexity index is 219. The molecule has 3 heteroatoms. The first-order valence-electron chi connectivity index (χ1n) is 4.73. The van der Waals surface area contributed by atoms with E-state index in [-0.39, 0.29) is 45.4 Å². The average molecular weight is 298 g/mol. The predicted octanol–water partition coefficient (Wildman–Crippen LogP) is 3.50. The molecular weight excluding hydrogens is 276 g/mol. The van der Waals surface area contributed by atoms with Crippen LogP contribution in [0.3, 0.4) is 0 Å². The number of hydrogen-bond acceptors (Lipinski definition) is 0. The molecule has 0 aromatic heterocycles. The van der Waals surface area contributed by atoms with Crippen LogP contribution in [0, 0.1) is 6.07 Å². The van der Waals surface area contributed by atoms with E-state index >= 15 is 0 Å². The standard InChI is InChI=1S/C10H13.C2H7Si.BrH.Mg/c1-10(2,3)9-7-5-4-6-8-9;1-3-2;;/h4-5,7-8H,1-3H3;3H,1-2H3;1H;/q2*-1;;+2. The molecule has 0 amide bonds. The SMILES string of the molecule is Br.CC(C)(C)c1c[c-]ccc1.C[SiH-]C.[Mg+2]. The molecule has 1 aromatic carbocycles. The molecule has 0 saturated heterocycles. The van der Waals surface area contributed by atoms with Gasteiger partial charge in [0.1, 0.15) is 0 Å². The van der Waals surface area contributed by atoms with E-state index in [0.29, 0.717) is 0 Å². The van der Waals surface area contributed by atoms with Crippen LogP contribution in [0.4, 0.5) is 0 Å². The minimum atomic E-state index is 0. The van der Waals surface area contributed by atoms with Crippen molar-refractivity contribution in [3.05, 3.63) is 35.9 Å². The van der Waals surface area contributed by atoms with Gasteiger partial charge in [-0.15, -0.1) is 17.0 Å². The van der Waals surface area contributed by atoms with Crippen LogP contribution in [0.1, 0.15) is 26.3 Å². The van der Waals surface area contributed by atoms with Gasteiger partial charge in [0.2, 0.25) is 0 Å². The minimum Gasteiger partial charge on any atom is -0.286 e. The van der Waals surface area contributed by atoms with E-state index < -0.39 is 0 Å². The Hall–Kier alpha value is 0.683. The molecule has 15 heavy (non-hydrogen) atoms. The second kappa shape index (κ2) is 11.2. The zero-order valence-corrected chi connectivity index (χ0v) is 14.8. The Kier molecular flexibility index (Phi) is 15.7. The van der Waals surface area contributed by atoms with E-state index in [2.05, 4.69) is 46.0 Å². The zero-order valence-electron chi connectivity index (χ0n) is 10.5. The van der Waals surface area contributed by atoms with Gasteiger partial charge in [0, 0.05) is 0 Å². The van der Waals surface area contributed by atoms with Gasteiger partial charge < -0.3 is 0 Å². The first-order chi connectivity index (χ1) is 6.02. The third-order valence-corrected chi connectivity index (χ3v) is 1.57. The van der Waals surface area contributed by atoms with Crippen LogP contribution >= 0.6 is 17.0 Å². The summed E-state index contributed by atoms with van der Waals surface area (Å²) in [6.07, 6.45) is 0. The van der Waals surface area contributed by atoms with Crippen molar-refractivity contribution in [3.8, 4) is 0 Å². The van der Waals surface area contributed by atoms with Crippen LogP contribution in [0.25, 0.3) is 0 Å². The summed E-state index contributed by atoms with van der Waals surface area (Å²) < 4.78 is 0. The van der Waals surface area contributed by atoms with Gasteiger partial charge in [-0.1, -0.05) is 26.2 Å². The summed E-state index contributed by atoms with van der Waals surface area (Å²) in [6.45, 7) is 11.0. The molecule has 82 valence electrons. The number of benzene rings is 1. The van der Waals surface area contributed by atoms with Crippen molar-refractivity contribution in [2.75, 3.05) is 0 Å². The Labute approximate surface area is 124 Å². The van der Waals surface area contributed by atoms with E-state index in [0.717, 1.165) is 9.52 Å². The Morgan fingerprint density at radius 2 is 1.67 bits per heavy atom. The molecule has 0 aliphatic rings. The summed E-state index contributed by atoms with van der Waals surface area (Å²) >= 11 is 0. The van der Waals surface area contributed by atoms with Gasteiger partial charge in [-0.25, -0.2) is 0 Å². The van der Waals surface area contributed by atoms with Crippen molar-refractivity contribution in [2.24, 2.45) is 0 Å². The molecule has 0 atom stereocenters. The van der Waals surface area contributed by atoms with Crippen LogP contribution < -0.4 is 0 Å². The monoisotopic (exact) mass is 296 g/mol. The normalized spacial score (nSPS) is 8.87. The first kappa shape index (κ1) is 21.0. The third-order valence-electron chi connectivity index (χ3n) is 1.57. The third kappa shape index (κ3) is 11.0. The molecule has 0 N–H and O–H groups in total. The van der Waals surface area contributed by atoms with Gasteiger partial charge in [0.15, 0.2) is 0 Å². The molecule has 0 fully saturated rings. The van der Waals surface area contributed by atoms with E-state index in [9.17, 15) is 0 Å². The average Bonchev–Trinajstić information content (AvgIpc) is 2.06. The smallest absolute Gasteiger partial charge is 0.286 e. The van der Waals surface area contributed by atoms with Crippen LogP contribution in [-0.2, 0) is 5.41 Å². The molecule has 0 nitrogen and oxygen atoms in total. The van der Waals surface area contributed by atoms with Crippen molar-refractivity contribution >= 4 is 49.6 Å². The maximum absolute atomic E-state index is 3.07. The Morgan fingerprint density at radius 3 is 1.87 bits per heavy atom. The molecule has 1 rings (SSSR count). The van der Waals surface area contributed by atoms with E-state index in [1.165, 1.54) is 5.56 Å². The van der Waals surface area contributed by atoms with Crippen molar-refractivity contribution in [2.45, 2.75) is 39.3 Å². The Morgan fingerprint density at radius 1 is 1.20 bits per heavy atom. The number of rotatable bonds is 0. The van der Waals surface area contributed by atoms with Crippen molar-refractivity contribution in [3.63, 3.8) is 0 Å². The number of hydrogen-bond donors (Lipinski definition) is 0. The largest absolute Gasteiger partial charge is 2.00 e.